The molecule has 1 heterocycles. The molecule has 1 N–H and O–H groups in total. The number of phenols is 1. The van der Waals surface area contributed by atoms with E-state index in [1.165, 1.54) is 12.1 Å². The zero-order valence-electron chi connectivity index (χ0n) is 11.9. The average Bonchev–Trinajstić information content (AvgIpc) is 2.68. The fourth-order valence-electron chi connectivity index (χ4n) is 2.40. The summed E-state index contributed by atoms with van der Waals surface area (Å²) < 4.78 is 40.5. The molecule has 2 aromatic rings. The van der Waals surface area contributed by atoms with Crippen molar-refractivity contribution in [3.8, 4) is 11.5 Å². The van der Waals surface area contributed by atoms with Crippen LogP contribution in [0.15, 0.2) is 47.4 Å². The first-order valence-electron chi connectivity index (χ1n) is 6.93. The lowest BCUT2D eigenvalue weighted by Crippen LogP contribution is -2.16. The standard InChI is InChI=1S/C17H13F3O2S/c18-17(19,20)22-15-5-2-11(3-6-15)12-7-8-23-16-10-14(21)4-1-13(16)9-12/h1-6,9-10,21H,7-8H2. The maximum atomic E-state index is 12.2. The summed E-state index contributed by atoms with van der Waals surface area (Å²) in [5, 5.41) is 9.55. The molecule has 0 atom stereocenters. The van der Waals surface area contributed by atoms with Crippen molar-refractivity contribution >= 4 is 23.4 Å². The fourth-order valence-corrected chi connectivity index (χ4v) is 3.44. The zero-order valence-corrected chi connectivity index (χ0v) is 12.7. The molecule has 3 rings (SSSR count). The van der Waals surface area contributed by atoms with E-state index in [1.54, 1.807) is 36.0 Å². The van der Waals surface area contributed by atoms with E-state index in [2.05, 4.69) is 4.74 Å². The van der Waals surface area contributed by atoms with Gasteiger partial charge in [0.15, 0.2) is 0 Å². The van der Waals surface area contributed by atoms with Gasteiger partial charge in [-0.2, -0.15) is 0 Å². The van der Waals surface area contributed by atoms with Gasteiger partial charge in [-0.15, -0.1) is 24.9 Å². The summed E-state index contributed by atoms with van der Waals surface area (Å²) >= 11 is 1.65. The zero-order chi connectivity index (χ0) is 16.4. The molecule has 0 saturated heterocycles. The van der Waals surface area contributed by atoms with Crippen molar-refractivity contribution in [3.05, 3.63) is 53.6 Å². The molecule has 0 spiro atoms. The van der Waals surface area contributed by atoms with Gasteiger partial charge in [0.1, 0.15) is 11.5 Å². The number of allylic oxidation sites excluding steroid dienone is 1. The van der Waals surface area contributed by atoms with Gasteiger partial charge in [-0.25, -0.2) is 0 Å². The molecule has 0 saturated carbocycles. The Bertz CT molecular complexity index is 736. The third-order valence-electron chi connectivity index (χ3n) is 3.41. The Hall–Kier alpha value is -2.08. The molecule has 2 aromatic carbocycles. The van der Waals surface area contributed by atoms with E-state index in [9.17, 15) is 18.3 Å². The topological polar surface area (TPSA) is 29.5 Å². The van der Waals surface area contributed by atoms with E-state index in [0.717, 1.165) is 33.8 Å². The van der Waals surface area contributed by atoms with E-state index < -0.39 is 6.36 Å². The molecule has 120 valence electrons. The van der Waals surface area contributed by atoms with Crippen LogP contribution in [0.1, 0.15) is 17.5 Å². The molecular formula is C17H13F3O2S. The first kappa shape index (κ1) is 15.8. The summed E-state index contributed by atoms with van der Waals surface area (Å²) in [7, 11) is 0. The number of phenolic OH excluding ortho intramolecular Hbond substituents is 1. The number of benzene rings is 2. The van der Waals surface area contributed by atoms with E-state index in [4.69, 9.17) is 0 Å². The lowest BCUT2D eigenvalue weighted by atomic mass is 10.0. The van der Waals surface area contributed by atoms with Crippen LogP contribution in [0.2, 0.25) is 0 Å². The lowest BCUT2D eigenvalue weighted by Gasteiger charge is -2.10. The van der Waals surface area contributed by atoms with Crippen LogP contribution in [-0.2, 0) is 0 Å². The molecule has 0 amide bonds. The molecular weight excluding hydrogens is 325 g/mol. The van der Waals surface area contributed by atoms with Crippen LogP contribution in [-0.4, -0.2) is 17.2 Å². The maximum absolute atomic E-state index is 12.2. The van der Waals surface area contributed by atoms with Crippen molar-refractivity contribution in [1.29, 1.82) is 0 Å². The van der Waals surface area contributed by atoms with Gasteiger partial charge in [0, 0.05) is 10.6 Å². The summed E-state index contributed by atoms with van der Waals surface area (Å²) in [6, 6.07) is 11.1. The molecule has 1 aliphatic heterocycles. The van der Waals surface area contributed by atoms with Gasteiger partial charge in [0.2, 0.25) is 0 Å². The summed E-state index contributed by atoms with van der Waals surface area (Å²) in [6.07, 6.45) is -1.88. The first-order valence-corrected chi connectivity index (χ1v) is 7.92. The second-order valence-electron chi connectivity index (χ2n) is 5.06. The number of thioether (sulfide) groups is 1. The summed E-state index contributed by atoms with van der Waals surface area (Å²) in [5.41, 5.74) is 2.90. The molecule has 0 aromatic heterocycles. The van der Waals surface area contributed by atoms with Crippen LogP contribution in [0.5, 0.6) is 11.5 Å². The number of hydrogen-bond acceptors (Lipinski definition) is 3. The minimum atomic E-state index is -4.68. The number of fused-ring (bicyclic) bond motifs is 1. The Morgan fingerprint density at radius 2 is 1.78 bits per heavy atom. The van der Waals surface area contributed by atoms with E-state index in [0.29, 0.717) is 0 Å². The normalized spacial score (nSPS) is 14.7. The Morgan fingerprint density at radius 1 is 1.04 bits per heavy atom. The Labute approximate surface area is 135 Å². The van der Waals surface area contributed by atoms with Gasteiger partial charge in [-0.1, -0.05) is 24.3 Å². The monoisotopic (exact) mass is 338 g/mol. The van der Waals surface area contributed by atoms with Gasteiger partial charge >= 0.3 is 6.36 Å². The molecule has 23 heavy (non-hydrogen) atoms. The minimum Gasteiger partial charge on any atom is -0.508 e. The van der Waals surface area contributed by atoms with E-state index in [-0.39, 0.29) is 11.5 Å². The van der Waals surface area contributed by atoms with Crippen LogP contribution in [0.3, 0.4) is 0 Å². The Kier molecular flexibility index (Phi) is 4.26. The van der Waals surface area contributed by atoms with E-state index >= 15 is 0 Å². The number of rotatable bonds is 2. The molecule has 0 fully saturated rings. The second-order valence-corrected chi connectivity index (χ2v) is 6.20. The number of aromatic hydroxyl groups is 1. The summed E-state index contributed by atoms with van der Waals surface area (Å²) in [5.74, 6) is 0.834. The van der Waals surface area contributed by atoms with Crippen molar-refractivity contribution < 1.29 is 23.0 Å². The predicted molar refractivity (Wildman–Crippen MR) is 84.4 cm³/mol. The summed E-state index contributed by atoms with van der Waals surface area (Å²) in [4.78, 5) is 0.997. The first-order chi connectivity index (χ1) is 10.9. The Morgan fingerprint density at radius 3 is 2.48 bits per heavy atom. The van der Waals surface area contributed by atoms with Crippen LogP contribution in [0.4, 0.5) is 13.2 Å². The third-order valence-corrected chi connectivity index (χ3v) is 4.49. The number of ether oxygens (including phenoxy) is 1. The highest BCUT2D eigenvalue weighted by atomic mass is 32.2. The highest BCUT2D eigenvalue weighted by molar-refractivity contribution is 7.99. The van der Waals surface area contributed by atoms with Crippen molar-refractivity contribution in [2.24, 2.45) is 0 Å². The molecule has 0 bridgehead atoms. The molecule has 0 radical (unpaired) electrons. The molecule has 1 aliphatic rings. The second kappa shape index (κ2) is 6.20. The quantitative estimate of drug-likeness (QED) is 0.803. The summed E-state index contributed by atoms with van der Waals surface area (Å²) in [6.45, 7) is 0. The van der Waals surface area contributed by atoms with Crippen molar-refractivity contribution in [2.75, 3.05) is 5.75 Å². The average molecular weight is 338 g/mol. The van der Waals surface area contributed by atoms with Crippen molar-refractivity contribution in [3.63, 3.8) is 0 Å². The van der Waals surface area contributed by atoms with Gasteiger partial charge in [0.05, 0.1) is 0 Å². The predicted octanol–water partition coefficient (Wildman–Crippen LogP) is 5.33. The molecule has 0 aliphatic carbocycles. The van der Waals surface area contributed by atoms with Gasteiger partial charge in [-0.05, 0) is 47.4 Å². The fraction of sp³-hybridized carbons (Fsp3) is 0.176. The van der Waals surface area contributed by atoms with Crippen LogP contribution in [0.25, 0.3) is 11.6 Å². The maximum Gasteiger partial charge on any atom is 0.573 e. The lowest BCUT2D eigenvalue weighted by molar-refractivity contribution is -0.274. The minimum absolute atomic E-state index is 0.224. The van der Waals surface area contributed by atoms with Gasteiger partial charge in [-0.3, -0.25) is 0 Å². The number of halogens is 3. The third kappa shape index (κ3) is 4.01. The highest BCUT2D eigenvalue weighted by Crippen LogP contribution is 2.36. The van der Waals surface area contributed by atoms with Crippen LogP contribution >= 0.6 is 11.8 Å². The smallest absolute Gasteiger partial charge is 0.508 e. The molecule has 0 unspecified atom stereocenters. The van der Waals surface area contributed by atoms with Gasteiger partial charge < -0.3 is 9.84 Å². The number of alkyl halides is 3. The van der Waals surface area contributed by atoms with Crippen molar-refractivity contribution in [1.82, 2.24) is 0 Å². The Balaban J connectivity index is 1.87. The van der Waals surface area contributed by atoms with Gasteiger partial charge in [0.25, 0.3) is 0 Å². The largest absolute Gasteiger partial charge is 0.573 e. The molecule has 2 nitrogen and oxygen atoms in total. The SMILES string of the molecule is Oc1ccc2c(c1)SCCC(c1ccc(OC(F)(F)F)cc1)=C2. The molecule has 6 heteroatoms. The van der Waals surface area contributed by atoms with E-state index in [1.807, 2.05) is 12.1 Å². The van der Waals surface area contributed by atoms with Crippen molar-refractivity contribution in [2.45, 2.75) is 17.7 Å². The van der Waals surface area contributed by atoms with Crippen LogP contribution in [0, 0.1) is 0 Å². The number of hydrogen-bond donors (Lipinski definition) is 1. The highest BCUT2D eigenvalue weighted by Gasteiger charge is 2.31. The van der Waals surface area contributed by atoms with Crippen LogP contribution < -0.4 is 4.74 Å².